The van der Waals surface area contributed by atoms with Crippen LogP contribution in [0.1, 0.15) is 6.42 Å². The summed E-state index contributed by atoms with van der Waals surface area (Å²) in [5, 5.41) is 29.6. The van der Waals surface area contributed by atoms with Gasteiger partial charge >= 0.3 is 0 Å². The smallest absolute Gasteiger partial charge is 0.0964 e. The average molecular weight is 147 g/mol. The molecule has 1 rings (SSSR count). The highest BCUT2D eigenvalue weighted by Gasteiger charge is 2.31. The van der Waals surface area contributed by atoms with Gasteiger partial charge in [-0.2, -0.15) is 0 Å². The van der Waals surface area contributed by atoms with Crippen molar-refractivity contribution in [2.75, 3.05) is 13.2 Å². The lowest BCUT2D eigenvalue weighted by Crippen LogP contribution is -2.33. The van der Waals surface area contributed by atoms with Gasteiger partial charge in [0, 0.05) is 19.2 Å². The van der Waals surface area contributed by atoms with Crippen molar-refractivity contribution in [3.63, 3.8) is 0 Å². The highest BCUT2D eigenvalue weighted by molar-refractivity contribution is 4.89. The topological polar surface area (TPSA) is 72.7 Å². The van der Waals surface area contributed by atoms with E-state index < -0.39 is 12.2 Å². The third-order valence-electron chi connectivity index (χ3n) is 1.84. The van der Waals surface area contributed by atoms with E-state index in [1.807, 2.05) is 0 Å². The first-order chi connectivity index (χ1) is 4.75. The van der Waals surface area contributed by atoms with Crippen molar-refractivity contribution >= 4 is 0 Å². The molecule has 0 radical (unpaired) electrons. The molecule has 4 N–H and O–H groups in total. The van der Waals surface area contributed by atoms with Crippen LogP contribution in [0.2, 0.25) is 0 Å². The maximum atomic E-state index is 9.16. The Hall–Kier alpha value is -0.160. The summed E-state index contributed by atoms with van der Waals surface area (Å²) >= 11 is 0. The Bertz CT molecular complexity index is 107. The van der Waals surface area contributed by atoms with E-state index in [4.69, 9.17) is 15.3 Å². The van der Waals surface area contributed by atoms with Crippen LogP contribution in [0.25, 0.3) is 0 Å². The highest BCUT2D eigenvalue weighted by atomic mass is 16.3. The first kappa shape index (κ1) is 7.94. The Kier molecular flexibility index (Phi) is 2.62. The molecule has 0 aromatic heterocycles. The second-order valence-corrected chi connectivity index (χ2v) is 2.58. The molecule has 0 spiro atoms. The summed E-state index contributed by atoms with van der Waals surface area (Å²) in [5.74, 6) is 0. The number of aliphatic hydroxyl groups excluding tert-OH is 3. The van der Waals surface area contributed by atoms with Crippen molar-refractivity contribution in [2.45, 2.75) is 24.7 Å². The van der Waals surface area contributed by atoms with Gasteiger partial charge in [-0.25, -0.2) is 0 Å². The SMILES string of the molecule is OCC[C@@H]1NC[C@@H](O)[C@@H]1O. The summed E-state index contributed by atoms with van der Waals surface area (Å²) in [6, 6.07) is -0.139. The Labute approximate surface area is 59.5 Å². The van der Waals surface area contributed by atoms with Gasteiger partial charge in [0.2, 0.25) is 0 Å². The number of aliphatic hydroxyl groups is 3. The quantitative estimate of drug-likeness (QED) is 0.367. The van der Waals surface area contributed by atoms with E-state index in [1.165, 1.54) is 0 Å². The van der Waals surface area contributed by atoms with Crippen LogP contribution in [-0.4, -0.2) is 46.7 Å². The van der Waals surface area contributed by atoms with Crippen molar-refractivity contribution in [1.29, 1.82) is 0 Å². The summed E-state index contributed by atoms with van der Waals surface area (Å²) < 4.78 is 0. The summed E-state index contributed by atoms with van der Waals surface area (Å²) in [6.07, 6.45) is -0.887. The summed E-state index contributed by atoms with van der Waals surface area (Å²) in [5.41, 5.74) is 0. The number of nitrogens with one attached hydrogen (secondary N) is 1. The molecule has 0 bridgehead atoms. The number of β-amino-alcohol motifs (C(OH)–C–C–N with tert-alkyl or cyclic N) is 1. The van der Waals surface area contributed by atoms with Gasteiger partial charge in [-0.05, 0) is 6.42 Å². The Morgan fingerprint density at radius 2 is 2.10 bits per heavy atom. The molecular formula is C6H13NO3. The molecular weight excluding hydrogens is 134 g/mol. The molecule has 4 nitrogen and oxygen atoms in total. The molecule has 60 valence electrons. The second-order valence-electron chi connectivity index (χ2n) is 2.58. The zero-order chi connectivity index (χ0) is 7.56. The van der Waals surface area contributed by atoms with Gasteiger partial charge < -0.3 is 20.6 Å². The molecule has 1 aliphatic rings. The van der Waals surface area contributed by atoms with Crippen LogP contribution in [-0.2, 0) is 0 Å². The van der Waals surface area contributed by atoms with Gasteiger partial charge in [-0.3, -0.25) is 0 Å². The van der Waals surface area contributed by atoms with Gasteiger partial charge in [0.15, 0.2) is 0 Å². The summed E-state index contributed by atoms with van der Waals surface area (Å²) in [4.78, 5) is 0. The number of hydrogen-bond donors (Lipinski definition) is 4. The lowest BCUT2D eigenvalue weighted by atomic mass is 10.1. The fourth-order valence-corrected chi connectivity index (χ4v) is 1.19. The minimum absolute atomic E-state index is 0.0431. The molecule has 1 aliphatic heterocycles. The Balaban J connectivity index is 2.33. The summed E-state index contributed by atoms with van der Waals surface area (Å²) in [6.45, 7) is 0.466. The molecule has 0 amide bonds. The lowest BCUT2D eigenvalue weighted by molar-refractivity contribution is 0.0363. The van der Waals surface area contributed by atoms with Crippen molar-refractivity contribution in [2.24, 2.45) is 0 Å². The van der Waals surface area contributed by atoms with Crippen LogP contribution in [0.15, 0.2) is 0 Å². The van der Waals surface area contributed by atoms with Gasteiger partial charge in [-0.15, -0.1) is 0 Å². The van der Waals surface area contributed by atoms with Crippen LogP contribution < -0.4 is 5.32 Å². The Morgan fingerprint density at radius 1 is 1.40 bits per heavy atom. The van der Waals surface area contributed by atoms with E-state index in [0.29, 0.717) is 13.0 Å². The molecule has 0 aliphatic carbocycles. The van der Waals surface area contributed by atoms with Gasteiger partial charge in [-0.1, -0.05) is 0 Å². The molecule has 3 atom stereocenters. The largest absolute Gasteiger partial charge is 0.396 e. The highest BCUT2D eigenvalue weighted by Crippen LogP contribution is 2.09. The minimum Gasteiger partial charge on any atom is -0.396 e. The van der Waals surface area contributed by atoms with Crippen molar-refractivity contribution in [1.82, 2.24) is 5.32 Å². The molecule has 4 heteroatoms. The predicted molar refractivity (Wildman–Crippen MR) is 35.5 cm³/mol. The monoisotopic (exact) mass is 147 g/mol. The predicted octanol–water partition coefficient (Wildman–Crippen LogP) is -1.94. The van der Waals surface area contributed by atoms with Crippen LogP contribution in [0, 0.1) is 0 Å². The van der Waals surface area contributed by atoms with Gasteiger partial charge in [0.25, 0.3) is 0 Å². The third kappa shape index (κ3) is 1.46. The molecule has 0 saturated carbocycles. The van der Waals surface area contributed by atoms with E-state index in [2.05, 4.69) is 5.32 Å². The fraction of sp³-hybridized carbons (Fsp3) is 1.00. The first-order valence-corrected chi connectivity index (χ1v) is 3.46. The molecule has 1 saturated heterocycles. The Morgan fingerprint density at radius 3 is 2.50 bits per heavy atom. The molecule has 1 heterocycles. The zero-order valence-electron chi connectivity index (χ0n) is 5.70. The fourth-order valence-electron chi connectivity index (χ4n) is 1.19. The third-order valence-corrected chi connectivity index (χ3v) is 1.84. The standard InChI is InChI=1S/C6H13NO3/c8-2-1-4-6(10)5(9)3-7-4/h4-10H,1-3H2/t4-,5+,6+/m0/s1. The van der Waals surface area contributed by atoms with Crippen molar-refractivity contribution in [3.05, 3.63) is 0 Å². The van der Waals surface area contributed by atoms with Crippen LogP contribution in [0.4, 0.5) is 0 Å². The van der Waals surface area contributed by atoms with E-state index in [0.717, 1.165) is 0 Å². The average Bonchev–Trinajstić information content (AvgIpc) is 2.20. The summed E-state index contributed by atoms with van der Waals surface area (Å²) in [7, 11) is 0. The molecule has 1 fully saturated rings. The maximum absolute atomic E-state index is 9.16. The van der Waals surface area contributed by atoms with Crippen molar-refractivity contribution < 1.29 is 15.3 Å². The molecule has 0 aromatic carbocycles. The van der Waals surface area contributed by atoms with Gasteiger partial charge in [0.05, 0.1) is 12.2 Å². The van der Waals surface area contributed by atoms with Crippen LogP contribution >= 0.6 is 0 Å². The zero-order valence-corrected chi connectivity index (χ0v) is 5.70. The number of rotatable bonds is 2. The molecule has 0 unspecified atom stereocenters. The first-order valence-electron chi connectivity index (χ1n) is 3.46. The van der Waals surface area contributed by atoms with Crippen LogP contribution in [0.5, 0.6) is 0 Å². The van der Waals surface area contributed by atoms with E-state index in [1.54, 1.807) is 0 Å². The normalized spacial score (nSPS) is 40.5. The molecule has 10 heavy (non-hydrogen) atoms. The van der Waals surface area contributed by atoms with E-state index in [9.17, 15) is 0 Å². The lowest BCUT2D eigenvalue weighted by Gasteiger charge is -2.13. The van der Waals surface area contributed by atoms with E-state index in [-0.39, 0.29) is 12.6 Å². The number of hydrogen-bond acceptors (Lipinski definition) is 4. The molecule has 0 aromatic rings. The van der Waals surface area contributed by atoms with Crippen LogP contribution in [0.3, 0.4) is 0 Å². The maximum Gasteiger partial charge on any atom is 0.0964 e. The van der Waals surface area contributed by atoms with Crippen molar-refractivity contribution in [3.8, 4) is 0 Å². The van der Waals surface area contributed by atoms with E-state index >= 15 is 0 Å². The minimum atomic E-state index is -0.716. The second kappa shape index (κ2) is 3.30. The van der Waals surface area contributed by atoms with Gasteiger partial charge in [0.1, 0.15) is 0 Å².